The zero-order chi connectivity index (χ0) is 15.6. The van der Waals surface area contributed by atoms with Crippen LogP contribution in [0.1, 0.15) is 19.6 Å². The largest absolute Gasteiger partial charge is 0.463 e. The van der Waals surface area contributed by atoms with Crippen molar-refractivity contribution in [3.8, 4) is 0 Å². The van der Waals surface area contributed by atoms with Crippen LogP contribution in [0.5, 0.6) is 0 Å². The summed E-state index contributed by atoms with van der Waals surface area (Å²) in [6, 6.07) is 1.22. The molecule has 3 N–H and O–H groups in total. The number of carbonyl (C=O) groups is 1. The van der Waals surface area contributed by atoms with Gasteiger partial charge >= 0.3 is 5.97 Å². The molecule has 116 valence electrons. The van der Waals surface area contributed by atoms with Crippen LogP contribution in [0, 0.1) is 4.77 Å². The van der Waals surface area contributed by atoms with E-state index in [0.29, 0.717) is 0 Å². The maximum atomic E-state index is 11.1. The van der Waals surface area contributed by atoms with Crippen molar-refractivity contribution in [3.05, 3.63) is 27.4 Å². The second kappa shape index (κ2) is 6.48. The predicted octanol–water partition coefficient (Wildman–Crippen LogP) is -0.522. The van der Waals surface area contributed by atoms with Gasteiger partial charge in [0.1, 0.15) is 24.9 Å². The SMILES string of the molecule is CCC(=O)OCC1OC(n2ccc(=O)[nH]c2=S)[C@H](O)[C@@H]1O. The molecule has 0 saturated carbocycles. The lowest BCUT2D eigenvalue weighted by Gasteiger charge is -2.17. The van der Waals surface area contributed by atoms with Gasteiger partial charge in [0.15, 0.2) is 11.0 Å². The lowest BCUT2D eigenvalue weighted by molar-refractivity contribution is -0.149. The Labute approximate surface area is 124 Å². The number of aliphatic hydroxyl groups excluding tert-OH is 2. The van der Waals surface area contributed by atoms with Crippen molar-refractivity contribution >= 4 is 18.2 Å². The molecule has 2 rings (SSSR count). The van der Waals surface area contributed by atoms with Crippen molar-refractivity contribution in [1.82, 2.24) is 9.55 Å². The summed E-state index contributed by atoms with van der Waals surface area (Å²) in [6.07, 6.45) is -2.74. The molecule has 0 aliphatic carbocycles. The van der Waals surface area contributed by atoms with E-state index in [1.54, 1.807) is 6.92 Å². The molecule has 9 heteroatoms. The van der Waals surface area contributed by atoms with E-state index in [-0.39, 0.29) is 23.4 Å². The number of H-pyrrole nitrogens is 1. The van der Waals surface area contributed by atoms with Crippen molar-refractivity contribution in [2.45, 2.75) is 37.9 Å². The van der Waals surface area contributed by atoms with Gasteiger partial charge in [-0.3, -0.25) is 19.1 Å². The summed E-state index contributed by atoms with van der Waals surface area (Å²) in [5, 5.41) is 20.0. The van der Waals surface area contributed by atoms with Crippen molar-refractivity contribution in [1.29, 1.82) is 0 Å². The van der Waals surface area contributed by atoms with Gasteiger partial charge in [-0.1, -0.05) is 6.92 Å². The Kier molecular flexibility index (Phi) is 4.88. The molecule has 0 amide bonds. The third kappa shape index (κ3) is 3.38. The molecule has 4 atom stereocenters. The van der Waals surface area contributed by atoms with Crippen LogP contribution in [0.25, 0.3) is 0 Å². The lowest BCUT2D eigenvalue weighted by Crippen LogP contribution is -2.34. The van der Waals surface area contributed by atoms with Crippen molar-refractivity contribution in [2.75, 3.05) is 6.61 Å². The molecule has 1 fully saturated rings. The monoisotopic (exact) mass is 316 g/mol. The molecule has 0 aromatic carbocycles. The number of aromatic nitrogens is 2. The van der Waals surface area contributed by atoms with E-state index in [9.17, 15) is 19.8 Å². The standard InChI is InChI=1S/C12H16N2O6S/c1-2-8(16)19-5-6-9(17)10(18)11(20-6)14-4-3-7(15)13-12(14)21/h3-4,6,9-11,17-18H,2,5H2,1H3,(H,13,15,21)/t6?,9-,10-,11?/m1/s1. The lowest BCUT2D eigenvalue weighted by atomic mass is 10.1. The van der Waals surface area contributed by atoms with E-state index in [1.807, 2.05) is 0 Å². The van der Waals surface area contributed by atoms with Crippen molar-refractivity contribution in [2.24, 2.45) is 0 Å². The zero-order valence-corrected chi connectivity index (χ0v) is 12.1. The molecule has 1 aliphatic rings. The maximum Gasteiger partial charge on any atom is 0.305 e. The fourth-order valence-corrected chi connectivity index (χ4v) is 2.27. The van der Waals surface area contributed by atoms with Crippen molar-refractivity contribution in [3.63, 3.8) is 0 Å². The second-order valence-corrected chi connectivity index (χ2v) is 4.99. The van der Waals surface area contributed by atoms with E-state index in [4.69, 9.17) is 21.7 Å². The molecule has 1 aromatic rings. The summed E-state index contributed by atoms with van der Waals surface area (Å²) in [5.74, 6) is -0.426. The van der Waals surface area contributed by atoms with Gasteiger partial charge in [0, 0.05) is 18.7 Å². The molecule has 2 heterocycles. The highest BCUT2D eigenvalue weighted by Crippen LogP contribution is 2.29. The van der Waals surface area contributed by atoms with Gasteiger partial charge in [-0.2, -0.15) is 0 Å². The highest BCUT2D eigenvalue weighted by atomic mass is 32.1. The van der Waals surface area contributed by atoms with Crippen molar-refractivity contribution < 1.29 is 24.5 Å². The van der Waals surface area contributed by atoms with E-state index >= 15 is 0 Å². The Morgan fingerprint density at radius 3 is 2.86 bits per heavy atom. The van der Waals surface area contributed by atoms with Crippen LogP contribution in [-0.2, 0) is 14.3 Å². The number of ether oxygens (including phenoxy) is 2. The minimum Gasteiger partial charge on any atom is -0.463 e. The third-order valence-electron chi connectivity index (χ3n) is 3.16. The average Bonchev–Trinajstić information content (AvgIpc) is 2.73. The number of aliphatic hydroxyl groups is 2. The second-order valence-electron chi connectivity index (χ2n) is 4.60. The van der Waals surface area contributed by atoms with Crippen LogP contribution in [0.15, 0.2) is 17.1 Å². The Balaban J connectivity index is 2.14. The summed E-state index contributed by atoms with van der Waals surface area (Å²) in [7, 11) is 0. The number of nitrogens with one attached hydrogen (secondary N) is 1. The molecule has 1 saturated heterocycles. The van der Waals surface area contributed by atoms with Gasteiger partial charge in [0.05, 0.1) is 0 Å². The van der Waals surface area contributed by atoms with E-state index < -0.39 is 30.5 Å². The normalized spacial score (nSPS) is 28.5. The number of aromatic amines is 1. The molecular formula is C12H16N2O6S. The van der Waals surface area contributed by atoms with Gasteiger partial charge < -0.3 is 19.7 Å². The number of hydrogen-bond acceptors (Lipinski definition) is 7. The zero-order valence-electron chi connectivity index (χ0n) is 11.3. The summed E-state index contributed by atoms with van der Waals surface area (Å²) in [6.45, 7) is 1.48. The van der Waals surface area contributed by atoms with E-state index in [1.165, 1.54) is 16.8 Å². The first-order chi connectivity index (χ1) is 9.93. The summed E-state index contributed by atoms with van der Waals surface area (Å²) in [4.78, 5) is 24.6. The molecule has 0 radical (unpaired) electrons. The van der Waals surface area contributed by atoms with Crippen LogP contribution >= 0.6 is 12.2 Å². The maximum absolute atomic E-state index is 11.1. The smallest absolute Gasteiger partial charge is 0.305 e. The fourth-order valence-electron chi connectivity index (χ4n) is 2.00. The Morgan fingerprint density at radius 2 is 2.24 bits per heavy atom. The minimum atomic E-state index is -1.26. The topological polar surface area (TPSA) is 114 Å². The average molecular weight is 316 g/mol. The quantitative estimate of drug-likeness (QED) is 0.506. The van der Waals surface area contributed by atoms with Crippen LogP contribution in [0.3, 0.4) is 0 Å². The molecule has 0 spiro atoms. The summed E-state index contributed by atoms with van der Waals surface area (Å²) in [5.41, 5.74) is -0.377. The number of hydrogen-bond donors (Lipinski definition) is 3. The molecule has 2 unspecified atom stereocenters. The first-order valence-corrected chi connectivity index (χ1v) is 6.83. The van der Waals surface area contributed by atoms with Gasteiger partial charge in [0.25, 0.3) is 5.56 Å². The molecule has 1 aliphatic heterocycles. The molecule has 21 heavy (non-hydrogen) atoms. The van der Waals surface area contributed by atoms with Crippen LogP contribution < -0.4 is 5.56 Å². The molecule has 8 nitrogen and oxygen atoms in total. The molecular weight excluding hydrogens is 300 g/mol. The summed E-state index contributed by atoms with van der Waals surface area (Å²) >= 11 is 4.98. The first kappa shape index (κ1) is 15.8. The van der Waals surface area contributed by atoms with Crippen LogP contribution in [0.2, 0.25) is 0 Å². The van der Waals surface area contributed by atoms with Crippen LogP contribution in [0.4, 0.5) is 0 Å². The van der Waals surface area contributed by atoms with E-state index in [2.05, 4.69) is 4.98 Å². The van der Waals surface area contributed by atoms with Crippen LogP contribution in [-0.4, -0.2) is 50.7 Å². The Hall–Kier alpha value is -1.55. The number of rotatable bonds is 4. The number of carbonyl (C=O) groups excluding carboxylic acids is 1. The number of nitrogens with zero attached hydrogens (tertiary/aromatic N) is 1. The van der Waals surface area contributed by atoms with Gasteiger partial charge in [-0.25, -0.2) is 0 Å². The molecule has 1 aromatic heterocycles. The number of esters is 1. The predicted molar refractivity (Wildman–Crippen MR) is 73.1 cm³/mol. The minimum absolute atomic E-state index is 0.0601. The van der Waals surface area contributed by atoms with E-state index in [0.717, 1.165) is 0 Å². The summed E-state index contributed by atoms with van der Waals surface area (Å²) < 4.78 is 11.8. The van der Waals surface area contributed by atoms with Gasteiger partial charge in [-0.15, -0.1) is 0 Å². The highest BCUT2D eigenvalue weighted by Gasteiger charge is 2.44. The highest BCUT2D eigenvalue weighted by molar-refractivity contribution is 7.71. The van der Waals surface area contributed by atoms with Gasteiger partial charge in [0.2, 0.25) is 0 Å². The Bertz CT molecular complexity index is 627. The third-order valence-corrected chi connectivity index (χ3v) is 3.47. The van der Waals surface area contributed by atoms with Gasteiger partial charge in [-0.05, 0) is 12.2 Å². The fraction of sp³-hybridized carbons (Fsp3) is 0.583. The Morgan fingerprint density at radius 1 is 1.52 bits per heavy atom. The molecule has 0 bridgehead atoms. The first-order valence-electron chi connectivity index (χ1n) is 6.42.